The Balaban J connectivity index is 1.63. The van der Waals surface area contributed by atoms with Crippen molar-refractivity contribution in [2.75, 3.05) is 19.0 Å². The molecule has 28 heavy (non-hydrogen) atoms. The zero-order chi connectivity index (χ0) is 19.7. The van der Waals surface area contributed by atoms with E-state index in [4.69, 9.17) is 13.9 Å². The summed E-state index contributed by atoms with van der Waals surface area (Å²) in [5.41, 5.74) is 1.86. The molecule has 3 aromatic heterocycles. The molecule has 1 aromatic carbocycles. The molecule has 8 nitrogen and oxygen atoms in total. The van der Waals surface area contributed by atoms with Gasteiger partial charge in [0.15, 0.2) is 17.1 Å². The first-order chi connectivity index (χ1) is 13.6. The van der Waals surface area contributed by atoms with E-state index in [1.165, 1.54) is 10.7 Å². The van der Waals surface area contributed by atoms with Crippen molar-refractivity contribution in [3.63, 3.8) is 0 Å². The summed E-state index contributed by atoms with van der Waals surface area (Å²) in [6, 6.07) is 10.4. The standard InChI is InChI=1S/C20H17N3O5/c1-3-27-20(25)14-11-21-23-8-7-13(10-15(14)23)22-19(24)17-9-12-5-4-6-16(26-2)18(12)28-17/h4-11H,3H2,1-2H3,(H,22,24). The topological polar surface area (TPSA) is 95.1 Å². The predicted octanol–water partition coefficient (Wildman–Crippen LogP) is 3.52. The number of carbonyl (C=O) groups excluding carboxylic acids is 2. The summed E-state index contributed by atoms with van der Waals surface area (Å²) in [5.74, 6) is -0.181. The van der Waals surface area contributed by atoms with Gasteiger partial charge in [0, 0.05) is 17.3 Å². The molecule has 4 aromatic rings. The number of hydrogen-bond donors (Lipinski definition) is 1. The van der Waals surface area contributed by atoms with Crippen LogP contribution in [0.5, 0.6) is 5.75 Å². The second kappa shape index (κ2) is 7.07. The number of nitrogens with zero attached hydrogens (tertiary/aromatic N) is 2. The molecule has 0 fully saturated rings. The van der Waals surface area contributed by atoms with Crippen molar-refractivity contribution in [2.24, 2.45) is 0 Å². The van der Waals surface area contributed by atoms with Crippen molar-refractivity contribution in [3.8, 4) is 5.75 Å². The molecule has 0 aliphatic heterocycles. The number of para-hydroxylation sites is 1. The average Bonchev–Trinajstić information content (AvgIpc) is 3.31. The van der Waals surface area contributed by atoms with Crippen LogP contribution >= 0.6 is 0 Å². The Labute approximate surface area is 159 Å². The van der Waals surface area contributed by atoms with E-state index in [2.05, 4.69) is 10.4 Å². The number of carbonyl (C=O) groups is 2. The maximum atomic E-state index is 12.6. The number of fused-ring (bicyclic) bond motifs is 2. The molecule has 1 amide bonds. The Morgan fingerprint density at radius 1 is 1.25 bits per heavy atom. The lowest BCUT2D eigenvalue weighted by Gasteiger charge is -2.05. The van der Waals surface area contributed by atoms with Crippen molar-refractivity contribution in [3.05, 3.63) is 60.1 Å². The van der Waals surface area contributed by atoms with Crippen LogP contribution in [0.15, 0.2) is 53.2 Å². The van der Waals surface area contributed by atoms with E-state index in [0.717, 1.165) is 5.39 Å². The lowest BCUT2D eigenvalue weighted by atomic mass is 10.2. The maximum Gasteiger partial charge on any atom is 0.341 e. The summed E-state index contributed by atoms with van der Waals surface area (Å²) in [6.45, 7) is 2.00. The zero-order valence-electron chi connectivity index (χ0n) is 15.3. The molecule has 4 rings (SSSR count). The maximum absolute atomic E-state index is 12.6. The minimum absolute atomic E-state index is 0.151. The summed E-state index contributed by atoms with van der Waals surface area (Å²) >= 11 is 0. The fraction of sp³-hybridized carbons (Fsp3) is 0.150. The SMILES string of the molecule is CCOC(=O)c1cnn2ccc(NC(=O)c3cc4cccc(OC)c4o3)cc12. The van der Waals surface area contributed by atoms with Gasteiger partial charge in [-0.1, -0.05) is 12.1 Å². The predicted molar refractivity (Wildman–Crippen MR) is 102 cm³/mol. The van der Waals surface area contributed by atoms with Gasteiger partial charge in [-0.15, -0.1) is 0 Å². The Morgan fingerprint density at radius 2 is 2.11 bits per heavy atom. The molecule has 0 unspecified atom stereocenters. The van der Waals surface area contributed by atoms with Gasteiger partial charge in [-0.3, -0.25) is 4.79 Å². The summed E-state index contributed by atoms with van der Waals surface area (Å²) in [6.07, 6.45) is 3.08. The van der Waals surface area contributed by atoms with Crippen LogP contribution in [0.4, 0.5) is 5.69 Å². The third-order valence-electron chi connectivity index (χ3n) is 4.23. The number of aromatic nitrogens is 2. The van der Waals surface area contributed by atoms with E-state index in [1.54, 1.807) is 44.5 Å². The summed E-state index contributed by atoms with van der Waals surface area (Å²) in [5, 5.41) is 7.65. The minimum Gasteiger partial charge on any atom is -0.493 e. The van der Waals surface area contributed by atoms with Crippen LogP contribution in [0.25, 0.3) is 16.5 Å². The van der Waals surface area contributed by atoms with Crippen LogP contribution in [0.3, 0.4) is 0 Å². The monoisotopic (exact) mass is 379 g/mol. The molecule has 0 bridgehead atoms. The molecular formula is C20H17N3O5. The highest BCUT2D eigenvalue weighted by atomic mass is 16.5. The van der Waals surface area contributed by atoms with Gasteiger partial charge in [0.1, 0.15) is 5.56 Å². The fourth-order valence-corrected chi connectivity index (χ4v) is 2.93. The first kappa shape index (κ1) is 17.6. The van der Waals surface area contributed by atoms with Gasteiger partial charge in [0.2, 0.25) is 0 Å². The van der Waals surface area contributed by atoms with E-state index >= 15 is 0 Å². The quantitative estimate of drug-likeness (QED) is 0.533. The van der Waals surface area contributed by atoms with Crippen LogP contribution in [0.1, 0.15) is 27.8 Å². The van der Waals surface area contributed by atoms with Crippen molar-refractivity contribution in [1.29, 1.82) is 0 Å². The lowest BCUT2D eigenvalue weighted by molar-refractivity contribution is 0.0528. The van der Waals surface area contributed by atoms with Gasteiger partial charge in [0.25, 0.3) is 5.91 Å². The van der Waals surface area contributed by atoms with Gasteiger partial charge < -0.3 is 19.2 Å². The smallest absolute Gasteiger partial charge is 0.341 e. The first-order valence-corrected chi connectivity index (χ1v) is 8.63. The number of hydrogen-bond acceptors (Lipinski definition) is 6. The molecule has 0 atom stereocenters. The van der Waals surface area contributed by atoms with Crippen LogP contribution in [0.2, 0.25) is 0 Å². The Bertz CT molecular complexity index is 1190. The zero-order valence-corrected chi connectivity index (χ0v) is 15.3. The minimum atomic E-state index is -0.467. The van der Waals surface area contributed by atoms with E-state index in [1.807, 2.05) is 12.1 Å². The number of methoxy groups -OCH3 is 1. The van der Waals surface area contributed by atoms with E-state index in [9.17, 15) is 9.59 Å². The highest BCUT2D eigenvalue weighted by Gasteiger charge is 2.17. The van der Waals surface area contributed by atoms with Crippen molar-refractivity contribution in [1.82, 2.24) is 9.61 Å². The van der Waals surface area contributed by atoms with Crippen molar-refractivity contribution < 1.29 is 23.5 Å². The van der Waals surface area contributed by atoms with Gasteiger partial charge in [-0.25, -0.2) is 9.31 Å². The van der Waals surface area contributed by atoms with Crippen LogP contribution < -0.4 is 10.1 Å². The summed E-state index contributed by atoms with van der Waals surface area (Å²) < 4.78 is 17.5. The van der Waals surface area contributed by atoms with Gasteiger partial charge in [-0.05, 0) is 31.2 Å². The van der Waals surface area contributed by atoms with Gasteiger partial charge >= 0.3 is 5.97 Å². The number of furan rings is 1. The molecule has 0 saturated heterocycles. The third-order valence-corrected chi connectivity index (χ3v) is 4.23. The number of nitrogens with one attached hydrogen (secondary N) is 1. The number of benzene rings is 1. The van der Waals surface area contributed by atoms with Gasteiger partial charge in [0.05, 0.1) is 25.4 Å². The normalized spacial score (nSPS) is 10.9. The first-order valence-electron chi connectivity index (χ1n) is 8.63. The highest BCUT2D eigenvalue weighted by molar-refractivity contribution is 6.05. The third kappa shape index (κ3) is 3.05. The Kier molecular flexibility index (Phi) is 4.44. The highest BCUT2D eigenvalue weighted by Crippen LogP contribution is 2.29. The number of ether oxygens (including phenoxy) is 2. The molecule has 0 spiro atoms. The molecule has 0 aliphatic rings. The second-order valence-corrected chi connectivity index (χ2v) is 5.97. The number of anilines is 1. The van der Waals surface area contributed by atoms with E-state index < -0.39 is 11.9 Å². The molecule has 0 saturated carbocycles. The van der Waals surface area contributed by atoms with Crippen molar-refractivity contribution in [2.45, 2.75) is 6.92 Å². The summed E-state index contributed by atoms with van der Waals surface area (Å²) in [7, 11) is 1.54. The van der Waals surface area contributed by atoms with Crippen LogP contribution in [-0.2, 0) is 4.74 Å². The van der Waals surface area contributed by atoms with Gasteiger partial charge in [-0.2, -0.15) is 5.10 Å². The summed E-state index contributed by atoms with van der Waals surface area (Å²) in [4.78, 5) is 24.7. The Hall–Kier alpha value is -3.81. The van der Waals surface area contributed by atoms with E-state index in [0.29, 0.717) is 28.1 Å². The van der Waals surface area contributed by atoms with E-state index in [-0.39, 0.29) is 12.4 Å². The largest absolute Gasteiger partial charge is 0.493 e. The number of amides is 1. The molecule has 3 heterocycles. The van der Waals surface area contributed by atoms with Crippen molar-refractivity contribution >= 4 is 34.0 Å². The number of pyridine rings is 1. The van der Waals surface area contributed by atoms with Crippen LogP contribution in [-0.4, -0.2) is 35.2 Å². The second-order valence-electron chi connectivity index (χ2n) is 5.97. The average molecular weight is 379 g/mol. The molecule has 0 radical (unpaired) electrons. The van der Waals surface area contributed by atoms with Crippen LogP contribution in [0, 0.1) is 0 Å². The molecule has 8 heteroatoms. The Morgan fingerprint density at radius 3 is 2.89 bits per heavy atom. The number of rotatable bonds is 5. The number of esters is 1. The molecule has 1 N–H and O–H groups in total. The lowest BCUT2D eigenvalue weighted by Crippen LogP contribution is -2.11. The fourth-order valence-electron chi connectivity index (χ4n) is 2.93. The molecule has 0 aliphatic carbocycles. The molecule has 142 valence electrons. The molecular weight excluding hydrogens is 362 g/mol.